The highest BCUT2D eigenvalue weighted by Crippen LogP contribution is 2.35. The first kappa shape index (κ1) is 30.1. The predicted octanol–water partition coefficient (Wildman–Crippen LogP) is 5.04. The zero-order valence-corrected chi connectivity index (χ0v) is 24.9. The number of benzene rings is 3. The van der Waals surface area contributed by atoms with Crippen LogP contribution in [0.1, 0.15) is 47.1 Å². The van der Waals surface area contributed by atoms with Gasteiger partial charge in [0, 0.05) is 23.2 Å². The fraction of sp³-hybridized carbons (Fsp3) is 0.344. The molecule has 0 unspecified atom stereocenters. The number of nitrogens with zero attached hydrogens (tertiary/aromatic N) is 2. The Hall–Kier alpha value is -3.88. The van der Waals surface area contributed by atoms with Crippen molar-refractivity contribution < 1.29 is 18.8 Å². The zero-order chi connectivity index (χ0) is 28.4. The molecule has 0 bridgehead atoms. The lowest BCUT2D eigenvalue weighted by Gasteiger charge is -2.28. The lowest BCUT2D eigenvalue weighted by atomic mass is 9.97. The molecule has 1 aromatic heterocycles. The van der Waals surface area contributed by atoms with Gasteiger partial charge in [0.05, 0.1) is 25.4 Å². The summed E-state index contributed by atoms with van der Waals surface area (Å²) in [7, 11) is 3.38. The SMILES string of the molecule is CN[C@@H](C)C(=O)N[C@H]1CCc2ccccc2N(Cc2c(OC)ccc3cc(Cc4c(C)noc4C)ccc23)C1=O.Cl. The van der Waals surface area contributed by atoms with E-state index >= 15 is 0 Å². The maximum absolute atomic E-state index is 14.0. The van der Waals surface area contributed by atoms with Crippen LogP contribution in [0, 0.1) is 13.8 Å². The number of carbonyl (C=O) groups excluding carboxylic acids is 2. The summed E-state index contributed by atoms with van der Waals surface area (Å²) in [5, 5.41) is 12.1. The molecule has 5 rings (SSSR count). The number of aryl methyl sites for hydroxylation is 3. The van der Waals surface area contributed by atoms with Crippen molar-refractivity contribution in [3.63, 3.8) is 0 Å². The summed E-state index contributed by atoms with van der Waals surface area (Å²) in [6.07, 6.45) is 1.95. The summed E-state index contributed by atoms with van der Waals surface area (Å²) in [6, 6.07) is 17.3. The van der Waals surface area contributed by atoms with Crippen molar-refractivity contribution in [2.24, 2.45) is 0 Å². The third kappa shape index (κ3) is 6.09. The van der Waals surface area contributed by atoms with Crippen molar-refractivity contribution in [3.05, 3.63) is 88.3 Å². The largest absolute Gasteiger partial charge is 0.496 e. The Kier molecular flexibility index (Phi) is 9.35. The number of ether oxygens (including phenoxy) is 1. The van der Waals surface area contributed by atoms with Gasteiger partial charge >= 0.3 is 0 Å². The van der Waals surface area contributed by atoms with Crippen LogP contribution in [0.3, 0.4) is 0 Å². The van der Waals surface area contributed by atoms with Crippen LogP contribution < -0.4 is 20.3 Å². The van der Waals surface area contributed by atoms with Crippen LogP contribution in [0.2, 0.25) is 0 Å². The molecule has 0 aliphatic carbocycles. The Balaban J connectivity index is 0.00000387. The minimum atomic E-state index is -0.627. The van der Waals surface area contributed by atoms with Gasteiger partial charge in [-0.15, -0.1) is 12.4 Å². The van der Waals surface area contributed by atoms with E-state index in [1.807, 2.05) is 38.1 Å². The maximum atomic E-state index is 14.0. The van der Waals surface area contributed by atoms with Gasteiger partial charge in [0.1, 0.15) is 17.6 Å². The number of halogens is 1. The van der Waals surface area contributed by atoms with Gasteiger partial charge in [-0.3, -0.25) is 9.59 Å². The number of anilines is 1. The summed E-state index contributed by atoms with van der Waals surface area (Å²) in [5.41, 5.74) is 6.01. The number of hydrogen-bond acceptors (Lipinski definition) is 6. The second kappa shape index (κ2) is 12.7. The molecule has 41 heavy (non-hydrogen) atoms. The monoisotopic (exact) mass is 576 g/mol. The molecule has 4 aromatic rings. The van der Waals surface area contributed by atoms with Crippen molar-refractivity contribution >= 4 is 40.7 Å². The zero-order valence-electron chi connectivity index (χ0n) is 24.1. The van der Waals surface area contributed by atoms with Crippen LogP contribution in [0.5, 0.6) is 5.75 Å². The fourth-order valence-corrected chi connectivity index (χ4v) is 5.45. The quantitative estimate of drug-likeness (QED) is 0.305. The van der Waals surface area contributed by atoms with Gasteiger partial charge in [0.25, 0.3) is 0 Å². The number of fused-ring (bicyclic) bond motifs is 2. The Bertz CT molecular complexity index is 1550. The molecule has 2 atom stereocenters. The lowest BCUT2D eigenvalue weighted by molar-refractivity contribution is -0.128. The van der Waals surface area contributed by atoms with E-state index in [-0.39, 0.29) is 24.2 Å². The molecule has 0 fully saturated rings. The number of likely N-dealkylation sites (N-methyl/N-ethyl adjacent to an activating group) is 1. The van der Waals surface area contributed by atoms with Crippen LogP contribution in [-0.2, 0) is 29.0 Å². The van der Waals surface area contributed by atoms with E-state index < -0.39 is 12.1 Å². The molecular formula is C32H37ClN4O4. The number of para-hydroxylation sites is 1. The number of carbonyl (C=O) groups is 2. The van der Waals surface area contributed by atoms with Crippen molar-refractivity contribution in [2.45, 2.75) is 58.7 Å². The first-order chi connectivity index (χ1) is 19.3. The van der Waals surface area contributed by atoms with Gasteiger partial charge in [0.15, 0.2) is 0 Å². The third-order valence-electron chi connectivity index (χ3n) is 7.94. The molecule has 0 saturated heterocycles. The van der Waals surface area contributed by atoms with E-state index in [0.717, 1.165) is 56.6 Å². The number of hydrogen-bond donors (Lipinski definition) is 2. The van der Waals surface area contributed by atoms with Crippen molar-refractivity contribution in [1.82, 2.24) is 15.8 Å². The van der Waals surface area contributed by atoms with Gasteiger partial charge in [-0.2, -0.15) is 0 Å². The summed E-state index contributed by atoms with van der Waals surface area (Å²) < 4.78 is 11.2. The second-order valence-electron chi connectivity index (χ2n) is 10.4. The molecule has 3 aromatic carbocycles. The molecule has 2 N–H and O–H groups in total. The maximum Gasteiger partial charge on any atom is 0.249 e. The van der Waals surface area contributed by atoms with Gasteiger partial charge in [0.2, 0.25) is 11.8 Å². The van der Waals surface area contributed by atoms with Gasteiger partial charge < -0.3 is 24.8 Å². The summed E-state index contributed by atoms with van der Waals surface area (Å²) >= 11 is 0. The Morgan fingerprint density at radius 1 is 1.15 bits per heavy atom. The standard InChI is InChI=1S/C32H36N4O4.ClH/c1-19-26(21(3)40-35-19)17-22-10-13-25-24(16-22)12-15-30(39-5)27(25)18-36-29-9-7-6-8-23(29)11-14-28(32(36)38)34-31(37)20(2)33-4;/h6-10,12-13,15-16,20,28,33H,11,14,17-18H2,1-5H3,(H,34,37);1H/t20-,28-;/m0./s1. The molecule has 0 saturated carbocycles. The first-order valence-electron chi connectivity index (χ1n) is 13.7. The molecule has 9 heteroatoms. The Morgan fingerprint density at radius 3 is 2.63 bits per heavy atom. The minimum Gasteiger partial charge on any atom is -0.496 e. The van der Waals surface area contributed by atoms with E-state index in [2.05, 4.69) is 46.1 Å². The summed E-state index contributed by atoms with van der Waals surface area (Å²) in [6.45, 7) is 5.99. The van der Waals surface area contributed by atoms with Crippen molar-refractivity contribution in [3.8, 4) is 5.75 Å². The van der Waals surface area contributed by atoms with Gasteiger partial charge in [-0.25, -0.2) is 0 Å². The summed E-state index contributed by atoms with van der Waals surface area (Å²) in [5.74, 6) is 1.22. The van der Waals surface area contributed by atoms with Crippen LogP contribution in [0.25, 0.3) is 10.8 Å². The fourth-order valence-electron chi connectivity index (χ4n) is 5.45. The van der Waals surface area contributed by atoms with Crippen LogP contribution in [0.15, 0.2) is 59.1 Å². The van der Waals surface area contributed by atoms with E-state index in [1.54, 1.807) is 26.0 Å². The molecule has 2 amide bonds. The number of nitrogens with one attached hydrogen (secondary N) is 2. The third-order valence-corrected chi connectivity index (χ3v) is 7.94. The van der Waals surface area contributed by atoms with E-state index in [1.165, 1.54) is 0 Å². The normalized spacial score (nSPS) is 15.6. The van der Waals surface area contributed by atoms with Crippen molar-refractivity contribution in [2.75, 3.05) is 19.1 Å². The molecular weight excluding hydrogens is 540 g/mol. The first-order valence-corrected chi connectivity index (χ1v) is 13.7. The highest BCUT2D eigenvalue weighted by atomic mass is 35.5. The number of methoxy groups -OCH3 is 1. The smallest absolute Gasteiger partial charge is 0.249 e. The average molecular weight is 577 g/mol. The van der Waals surface area contributed by atoms with Gasteiger partial charge in [-0.05, 0) is 74.7 Å². The molecule has 8 nitrogen and oxygen atoms in total. The highest BCUT2D eigenvalue weighted by Gasteiger charge is 2.33. The number of aromatic nitrogens is 1. The van der Waals surface area contributed by atoms with Crippen molar-refractivity contribution in [1.29, 1.82) is 0 Å². The number of rotatable bonds is 8. The van der Waals surface area contributed by atoms with Gasteiger partial charge in [-0.1, -0.05) is 47.6 Å². The minimum absolute atomic E-state index is 0. The molecule has 0 radical (unpaired) electrons. The molecule has 2 heterocycles. The Morgan fingerprint density at radius 2 is 1.93 bits per heavy atom. The molecule has 1 aliphatic heterocycles. The van der Waals surface area contributed by atoms with E-state index in [0.29, 0.717) is 25.1 Å². The topological polar surface area (TPSA) is 96.7 Å². The van der Waals surface area contributed by atoms with Crippen LogP contribution in [0.4, 0.5) is 5.69 Å². The van der Waals surface area contributed by atoms with Crippen LogP contribution in [-0.4, -0.2) is 43.2 Å². The molecule has 216 valence electrons. The highest BCUT2D eigenvalue weighted by molar-refractivity contribution is 6.01. The Labute approximate surface area is 246 Å². The molecule has 1 aliphatic rings. The molecule has 0 spiro atoms. The van der Waals surface area contributed by atoms with E-state index in [9.17, 15) is 9.59 Å². The average Bonchev–Trinajstić information content (AvgIpc) is 3.22. The van der Waals surface area contributed by atoms with E-state index in [4.69, 9.17) is 9.26 Å². The van der Waals surface area contributed by atoms with Crippen LogP contribution >= 0.6 is 12.4 Å². The number of amides is 2. The summed E-state index contributed by atoms with van der Waals surface area (Å²) in [4.78, 5) is 28.6. The lowest BCUT2D eigenvalue weighted by Crippen LogP contribution is -2.52. The predicted molar refractivity (Wildman–Crippen MR) is 163 cm³/mol. The second-order valence-corrected chi connectivity index (χ2v) is 10.4.